The quantitative estimate of drug-likeness (QED) is 0.871. The van der Waals surface area contributed by atoms with Crippen LogP contribution in [0.5, 0.6) is 0 Å². The second-order valence-corrected chi connectivity index (χ2v) is 6.32. The van der Waals surface area contributed by atoms with Crippen LogP contribution in [0.15, 0.2) is 18.2 Å². The van der Waals surface area contributed by atoms with Gasteiger partial charge < -0.3 is 10.4 Å². The molecule has 4 nitrogen and oxygen atoms in total. The second kappa shape index (κ2) is 6.67. The van der Waals surface area contributed by atoms with Crippen LogP contribution in [0, 0.1) is 11.8 Å². The monoisotopic (exact) mass is 329 g/mol. The molecular weight excluding hydrogens is 313 g/mol. The van der Waals surface area contributed by atoms with Crippen LogP contribution in [0.4, 0.5) is 0 Å². The Labute approximate surface area is 133 Å². The summed E-state index contributed by atoms with van der Waals surface area (Å²) in [5.74, 6) is -2.04. The third-order valence-electron chi connectivity index (χ3n) is 3.86. The molecule has 1 aromatic carbocycles. The van der Waals surface area contributed by atoms with E-state index in [9.17, 15) is 9.59 Å². The molecule has 0 aromatic heterocycles. The molecule has 114 valence electrons. The fraction of sp³-hybridized carbons (Fsp3) is 0.467. The molecule has 1 amide bonds. The van der Waals surface area contributed by atoms with Crippen molar-refractivity contribution < 1.29 is 14.7 Å². The van der Waals surface area contributed by atoms with Crippen molar-refractivity contribution in [1.29, 1.82) is 0 Å². The van der Waals surface area contributed by atoms with Crippen LogP contribution in [0.1, 0.15) is 25.3 Å². The molecule has 3 atom stereocenters. The first kappa shape index (κ1) is 16.1. The van der Waals surface area contributed by atoms with E-state index in [4.69, 9.17) is 28.3 Å². The van der Waals surface area contributed by atoms with Gasteiger partial charge in [0.2, 0.25) is 5.91 Å². The summed E-state index contributed by atoms with van der Waals surface area (Å²) >= 11 is 11.9. The minimum Gasteiger partial charge on any atom is -0.481 e. The van der Waals surface area contributed by atoms with Gasteiger partial charge in [-0.3, -0.25) is 9.59 Å². The Bertz CT molecular complexity index is 562. The highest BCUT2D eigenvalue weighted by atomic mass is 35.5. The normalized spacial score (nSPS) is 22.2. The summed E-state index contributed by atoms with van der Waals surface area (Å²) in [4.78, 5) is 23.0. The lowest BCUT2D eigenvalue weighted by atomic mass is 9.73. The Morgan fingerprint density at radius 1 is 1.33 bits per heavy atom. The highest BCUT2D eigenvalue weighted by Crippen LogP contribution is 2.34. The van der Waals surface area contributed by atoms with Gasteiger partial charge in [0.05, 0.1) is 11.8 Å². The van der Waals surface area contributed by atoms with Gasteiger partial charge in [0.15, 0.2) is 0 Å². The molecule has 0 bridgehead atoms. The van der Waals surface area contributed by atoms with Crippen molar-refractivity contribution in [2.75, 3.05) is 0 Å². The zero-order chi connectivity index (χ0) is 15.6. The molecule has 1 aliphatic carbocycles. The fourth-order valence-corrected chi connectivity index (χ4v) is 3.01. The minimum atomic E-state index is -0.894. The number of carbonyl (C=O) groups is 2. The first-order chi connectivity index (χ1) is 9.88. The van der Waals surface area contributed by atoms with E-state index in [0.717, 1.165) is 5.56 Å². The third kappa shape index (κ3) is 3.89. The van der Waals surface area contributed by atoms with Gasteiger partial charge >= 0.3 is 5.97 Å². The molecule has 0 aliphatic heterocycles. The zero-order valence-corrected chi connectivity index (χ0v) is 13.1. The van der Waals surface area contributed by atoms with Crippen LogP contribution in [0.3, 0.4) is 0 Å². The van der Waals surface area contributed by atoms with Crippen LogP contribution in [-0.2, 0) is 16.0 Å². The largest absolute Gasteiger partial charge is 0.481 e. The summed E-state index contributed by atoms with van der Waals surface area (Å²) in [6.45, 7) is 1.87. The lowest BCUT2D eigenvalue weighted by Gasteiger charge is -2.33. The molecule has 0 saturated heterocycles. The van der Waals surface area contributed by atoms with E-state index in [1.165, 1.54) is 0 Å². The van der Waals surface area contributed by atoms with E-state index in [1.54, 1.807) is 12.1 Å². The molecule has 0 heterocycles. The van der Waals surface area contributed by atoms with Gasteiger partial charge in [-0.1, -0.05) is 29.3 Å². The maximum Gasteiger partial charge on any atom is 0.307 e. The molecule has 21 heavy (non-hydrogen) atoms. The van der Waals surface area contributed by atoms with E-state index in [1.807, 2.05) is 13.0 Å². The van der Waals surface area contributed by atoms with E-state index < -0.39 is 17.8 Å². The van der Waals surface area contributed by atoms with Crippen molar-refractivity contribution in [2.24, 2.45) is 11.8 Å². The van der Waals surface area contributed by atoms with Crippen LogP contribution in [0.25, 0.3) is 0 Å². The predicted octanol–water partition coefficient (Wildman–Crippen LogP) is 3.15. The predicted molar refractivity (Wildman–Crippen MR) is 81.6 cm³/mol. The van der Waals surface area contributed by atoms with E-state index >= 15 is 0 Å². The van der Waals surface area contributed by atoms with E-state index in [0.29, 0.717) is 29.3 Å². The summed E-state index contributed by atoms with van der Waals surface area (Å²) in [6, 6.07) is 5.13. The number of benzene rings is 1. The van der Waals surface area contributed by atoms with Crippen LogP contribution >= 0.6 is 23.2 Å². The number of aliphatic carboxylic acids is 1. The smallest absolute Gasteiger partial charge is 0.307 e. The molecule has 2 rings (SSSR count). The van der Waals surface area contributed by atoms with Crippen molar-refractivity contribution >= 4 is 35.1 Å². The summed E-state index contributed by atoms with van der Waals surface area (Å²) in [5, 5.41) is 13.0. The molecule has 1 aliphatic rings. The van der Waals surface area contributed by atoms with Gasteiger partial charge in [0.25, 0.3) is 0 Å². The molecular formula is C15H17Cl2NO3. The average Bonchev–Trinajstić information content (AvgIpc) is 2.30. The number of halogens is 2. The van der Waals surface area contributed by atoms with E-state index in [2.05, 4.69) is 5.32 Å². The molecule has 1 aromatic rings. The molecule has 0 radical (unpaired) electrons. The minimum absolute atomic E-state index is 0.119. The molecule has 1 fully saturated rings. The standard InChI is InChI=1S/C15H17Cl2NO3/c1-8(6-9-2-3-10(16)7-13(9)17)18-14(19)11-4-5-12(11)15(20)21/h2-3,7-8,11-12H,4-6H2,1H3,(H,18,19)(H,20,21). The van der Waals surface area contributed by atoms with Gasteiger partial charge in [-0.25, -0.2) is 0 Å². The lowest BCUT2D eigenvalue weighted by Crippen LogP contribution is -2.47. The topological polar surface area (TPSA) is 66.4 Å². The van der Waals surface area contributed by atoms with Crippen LogP contribution in [0.2, 0.25) is 10.0 Å². The Morgan fingerprint density at radius 3 is 2.52 bits per heavy atom. The number of hydrogen-bond donors (Lipinski definition) is 2. The van der Waals surface area contributed by atoms with Crippen LogP contribution < -0.4 is 5.32 Å². The second-order valence-electron chi connectivity index (χ2n) is 5.48. The van der Waals surface area contributed by atoms with Gasteiger partial charge in [0.1, 0.15) is 0 Å². The van der Waals surface area contributed by atoms with Crippen molar-refractivity contribution in [3.05, 3.63) is 33.8 Å². The Hall–Kier alpha value is -1.26. The Kier molecular flexibility index (Phi) is 5.12. The molecule has 2 N–H and O–H groups in total. The van der Waals surface area contributed by atoms with Gasteiger partial charge in [-0.05, 0) is 43.9 Å². The first-order valence-electron chi connectivity index (χ1n) is 6.85. The molecule has 3 unspecified atom stereocenters. The van der Waals surface area contributed by atoms with E-state index in [-0.39, 0.29) is 11.9 Å². The number of nitrogens with one attached hydrogen (secondary N) is 1. The SMILES string of the molecule is CC(Cc1ccc(Cl)cc1Cl)NC(=O)C1CCC1C(=O)O. The highest BCUT2D eigenvalue weighted by Gasteiger charge is 2.41. The van der Waals surface area contributed by atoms with Crippen LogP contribution in [-0.4, -0.2) is 23.0 Å². The van der Waals surface area contributed by atoms with Crippen molar-refractivity contribution in [1.82, 2.24) is 5.32 Å². The third-order valence-corrected chi connectivity index (χ3v) is 4.45. The first-order valence-corrected chi connectivity index (χ1v) is 7.61. The number of carbonyl (C=O) groups excluding carboxylic acids is 1. The molecule has 1 saturated carbocycles. The maximum absolute atomic E-state index is 12.1. The summed E-state index contributed by atoms with van der Waals surface area (Å²) in [5.41, 5.74) is 0.900. The van der Waals surface area contributed by atoms with Gasteiger partial charge in [0, 0.05) is 16.1 Å². The number of amides is 1. The molecule has 6 heteroatoms. The lowest BCUT2D eigenvalue weighted by molar-refractivity contribution is -0.152. The summed E-state index contributed by atoms with van der Waals surface area (Å²) in [7, 11) is 0. The van der Waals surface area contributed by atoms with Crippen molar-refractivity contribution in [3.8, 4) is 0 Å². The maximum atomic E-state index is 12.1. The number of rotatable bonds is 5. The summed E-state index contributed by atoms with van der Waals surface area (Å²) in [6.07, 6.45) is 1.79. The number of carboxylic acids is 1. The number of hydrogen-bond acceptors (Lipinski definition) is 2. The number of carboxylic acid groups (broad SMARTS) is 1. The molecule has 0 spiro atoms. The fourth-order valence-electron chi connectivity index (χ4n) is 2.53. The Balaban J connectivity index is 1.91. The van der Waals surface area contributed by atoms with Crippen molar-refractivity contribution in [2.45, 2.75) is 32.2 Å². The van der Waals surface area contributed by atoms with Gasteiger partial charge in [-0.15, -0.1) is 0 Å². The highest BCUT2D eigenvalue weighted by molar-refractivity contribution is 6.35. The zero-order valence-electron chi connectivity index (χ0n) is 11.6. The summed E-state index contributed by atoms with van der Waals surface area (Å²) < 4.78 is 0. The average molecular weight is 330 g/mol. The Morgan fingerprint density at radius 2 is 2.00 bits per heavy atom. The van der Waals surface area contributed by atoms with Crippen molar-refractivity contribution in [3.63, 3.8) is 0 Å². The van der Waals surface area contributed by atoms with Gasteiger partial charge in [-0.2, -0.15) is 0 Å².